The minimum Gasteiger partial charge on any atom is -0.327 e. The summed E-state index contributed by atoms with van der Waals surface area (Å²) >= 11 is 5.64. The second-order valence-electron chi connectivity index (χ2n) is 3.10. The molecule has 0 radical (unpaired) electrons. The van der Waals surface area contributed by atoms with Crippen LogP contribution in [0.2, 0.25) is 5.15 Å². The molecule has 1 aromatic heterocycles. The fourth-order valence-corrected chi connectivity index (χ4v) is 1.07. The van der Waals surface area contributed by atoms with Crippen molar-refractivity contribution in [2.45, 2.75) is 19.5 Å². The lowest BCUT2D eigenvalue weighted by atomic mass is 10.3. The Labute approximate surface area is 83.3 Å². The number of hydrogen-bond acceptors (Lipinski definition) is 3. The van der Waals surface area contributed by atoms with Crippen LogP contribution in [0.3, 0.4) is 0 Å². The minimum atomic E-state index is 0.181. The monoisotopic (exact) mass is 199 g/mol. The van der Waals surface area contributed by atoms with E-state index in [-0.39, 0.29) is 6.04 Å². The number of nitrogens with one attached hydrogen (secondary N) is 1. The van der Waals surface area contributed by atoms with E-state index in [0.29, 0.717) is 5.15 Å². The van der Waals surface area contributed by atoms with Crippen molar-refractivity contribution in [2.75, 3.05) is 6.54 Å². The molecule has 0 fully saturated rings. The van der Waals surface area contributed by atoms with Gasteiger partial charge >= 0.3 is 0 Å². The summed E-state index contributed by atoms with van der Waals surface area (Å²) in [7, 11) is 0. The average molecular weight is 200 g/mol. The molecule has 13 heavy (non-hydrogen) atoms. The molecule has 0 saturated heterocycles. The van der Waals surface area contributed by atoms with E-state index in [1.165, 1.54) is 0 Å². The van der Waals surface area contributed by atoms with Gasteiger partial charge in [-0.2, -0.15) is 0 Å². The number of nitrogens with two attached hydrogens (primary N) is 1. The summed E-state index contributed by atoms with van der Waals surface area (Å²) in [5, 5.41) is 3.74. The molecule has 3 nitrogen and oxygen atoms in total. The topological polar surface area (TPSA) is 50.9 Å². The third-order valence-corrected chi connectivity index (χ3v) is 1.81. The van der Waals surface area contributed by atoms with Gasteiger partial charge in [-0.15, -0.1) is 0 Å². The Morgan fingerprint density at radius 3 is 2.92 bits per heavy atom. The first-order valence-electron chi connectivity index (χ1n) is 4.25. The molecule has 0 spiro atoms. The SMILES string of the molecule is CC(N)CNCc1ccc(Cl)nc1. The van der Waals surface area contributed by atoms with Crippen LogP contribution in [0, 0.1) is 0 Å². The van der Waals surface area contributed by atoms with Crippen LogP contribution in [0.25, 0.3) is 0 Å². The lowest BCUT2D eigenvalue weighted by Crippen LogP contribution is -2.30. The summed E-state index contributed by atoms with van der Waals surface area (Å²) in [4.78, 5) is 3.97. The fraction of sp³-hybridized carbons (Fsp3) is 0.444. The van der Waals surface area contributed by atoms with Crippen molar-refractivity contribution >= 4 is 11.6 Å². The molecule has 0 aliphatic rings. The van der Waals surface area contributed by atoms with E-state index < -0.39 is 0 Å². The zero-order chi connectivity index (χ0) is 9.68. The van der Waals surface area contributed by atoms with Crippen molar-refractivity contribution in [3.63, 3.8) is 0 Å². The Kier molecular flexibility index (Phi) is 4.15. The standard InChI is InChI=1S/C9H14ClN3/c1-7(11)4-12-5-8-2-3-9(10)13-6-8/h2-3,6-7,12H,4-5,11H2,1H3. The second-order valence-corrected chi connectivity index (χ2v) is 3.48. The molecule has 0 amide bonds. The van der Waals surface area contributed by atoms with Crippen molar-refractivity contribution in [1.29, 1.82) is 0 Å². The molecule has 72 valence electrons. The van der Waals surface area contributed by atoms with Crippen LogP contribution in [-0.2, 0) is 6.54 Å². The van der Waals surface area contributed by atoms with Crippen LogP contribution in [0.4, 0.5) is 0 Å². The Morgan fingerprint density at radius 1 is 1.62 bits per heavy atom. The number of halogens is 1. The average Bonchev–Trinajstić information content (AvgIpc) is 2.08. The van der Waals surface area contributed by atoms with Gasteiger partial charge in [-0.25, -0.2) is 4.98 Å². The van der Waals surface area contributed by atoms with Crippen LogP contribution >= 0.6 is 11.6 Å². The zero-order valence-corrected chi connectivity index (χ0v) is 8.38. The summed E-state index contributed by atoms with van der Waals surface area (Å²) in [6, 6.07) is 3.91. The molecular weight excluding hydrogens is 186 g/mol. The number of nitrogens with zero attached hydrogens (tertiary/aromatic N) is 1. The first-order chi connectivity index (χ1) is 6.18. The number of aromatic nitrogens is 1. The molecule has 0 bridgehead atoms. The first kappa shape index (κ1) is 10.4. The molecule has 3 N–H and O–H groups in total. The highest BCUT2D eigenvalue weighted by Crippen LogP contribution is 2.04. The summed E-state index contributed by atoms with van der Waals surface area (Å²) in [5.41, 5.74) is 6.70. The van der Waals surface area contributed by atoms with Crippen molar-refractivity contribution in [3.05, 3.63) is 29.0 Å². The Hall–Kier alpha value is -0.640. The van der Waals surface area contributed by atoms with Crippen LogP contribution < -0.4 is 11.1 Å². The lowest BCUT2D eigenvalue weighted by Gasteiger charge is -2.06. The van der Waals surface area contributed by atoms with E-state index in [1.807, 2.05) is 13.0 Å². The summed E-state index contributed by atoms with van der Waals surface area (Å²) in [6.07, 6.45) is 1.76. The predicted octanol–water partition coefficient (Wildman–Crippen LogP) is 1.17. The van der Waals surface area contributed by atoms with Gasteiger partial charge in [-0.1, -0.05) is 17.7 Å². The summed E-state index contributed by atoms with van der Waals surface area (Å²) < 4.78 is 0. The van der Waals surface area contributed by atoms with E-state index in [0.717, 1.165) is 18.7 Å². The highest BCUT2D eigenvalue weighted by Gasteiger charge is 1.95. The predicted molar refractivity (Wildman–Crippen MR) is 54.6 cm³/mol. The normalized spacial score (nSPS) is 12.8. The number of pyridine rings is 1. The van der Waals surface area contributed by atoms with Gasteiger partial charge in [-0.05, 0) is 18.6 Å². The van der Waals surface area contributed by atoms with Crippen LogP contribution in [0.5, 0.6) is 0 Å². The largest absolute Gasteiger partial charge is 0.327 e. The van der Waals surface area contributed by atoms with Crippen molar-refractivity contribution < 1.29 is 0 Å². The molecule has 1 aromatic rings. The molecule has 1 atom stereocenters. The third-order valence-electron chi connectivity index (χ3n) is 1.58. The quantitative estimate of drug-likeness (QED) is 0.716. The van der Waals surface area contributed by atoms with Crippen molar-refractivity contribution in [1.82, 2.24) is 10.3 Å². The fourth-order valence-electron chi connectivity index (χ4n) is 0.955. The molecule has 1 heterocycles. The Morgan fingerprint density at radius 2 is 2.38 bits per heavy atom. The van der Waals surface area contributed by atoms with E-state index >= 15 is 0 Å². The highest BCUT2D eigenvalue weighted by atomic mass is 35.5. The number of rotatable bonds is 4. The van der Waals surface area contributed by atoms with Gasteiger partial charge in [0.05, 0.1) is 0 Å². The smallest absolute Gasteiger partial charge is 0.129 e. The van der Waals surface area contributed by atoms with Gasteiger partial charge in [0, 0.05) is 25.3 Å². The van der Waals surface area contributed by atoms with Gasteiger partial charge in [0.1, 0.15) is 5.15 Å². The summed E-state index contributed by atoms with van der Waals surface area (Å²) in [5.74, 6) is 0. The molecule has 1 unspecified atom stereocenters. The van der Waals surface area contributed by atoms with E-state index in [1.54, 1.807) is 12.3 Å². The highest BCUT2D eigenvalue weighted by molar-refractivity contribution is 6.29. The first-order valence-corrected chi connectivity index (χ1v) is 4.63. The zero-order valence-electron chi connectivity index (χ0n) is 7.63. The van der Waals surface area contributed by atoms with Gasteiger partial charge in [-0.3, -0.25) is 0 Å². The minimum absolute atomic E-state index is 0.181. The van der Waals surface area contributed by atoms with Crippen molar-refractivity contribution in [2.24, 2.45) is 5.73 Å². The molecule has 1 rings (SSSR count). The van der Waals surface area contributed by atoms with Crippen LogP contribution in [0.1, 0.15) is 12.5 Å². The van der Waals surface area contributed by atoms with Gasteiger partial charge < -0.3 is 11.1 Å². The Bertz CT molecular complexity index is 246. The number of hydrogen-bond donors (Lipinski definition) is 2. The Balaban J connectivity index is 2.33. The van der Waals surface area contributed by atoms with E-state index in [4.69, 9.17) is 17.3 Å². The van der Waals surface area contributed by atoms with Crippen LogP contribution in [0.15, 0.2) is 18.3 Å². The molecule has 0 aliphatic carbocycles. The van der Waals surface area contributed by atoms with E-state index in [9.17, 15) is 0 Å². The van der Waals surface area contributed by atoms with Crippen molar-refractivity contribution in [3.8, 4) is 0 Å². The molecular formula is C9H14ClN3. The molecule has 0 aliphatic heterocycles. The van der Waals surface area contributed by atoms with Gasteiger partial charge in [0.25, 0.3) is 0 Å². The molecule has 0 aromatic carbocycles. The maximum Gasteiger partial charge on any atom is 0.129 e. The maximum absolute atomic E-state index is 5.64. The maximum atomic E-state index is 5.64. The third kappa shape index (κ3) is 4.22. The summed E-state index contributed by atoms with van der Waals surface area (Å²) in [6.45, 7) is 3.56. The molecule has 0 saturated carbocycles. The lowest BCUT2D eigenvalue weighted by molar-refractivity contribution is 0.607. The van der Waals surface area contributed by atoms with Crippen LogP contribution in [-0.4, -0.2) is 17.6 Å². The van der Waals surface area contributed by atoms with Gasteiger partial charge in [0.15, 0.2) is 0 Å². The second kappa shape index (κ2) is 5.17. The van der Waals surface area contributed by atoms with E-state index in [2.05, 4.69) is 10.3 Å². The van der Waals surface area contributed by atoms with Gasteiger partial charge in [0.2, 0.25) is 0 Å². The molecule has 4 heteroatoms.